The van der Waals surface area contributed by atoms with Crippen LogP contribution in [0.15, 0.2) is 12.4 Å². The molecule has 0 aromatic carbocycles. The van der Waals surface area contributed by atoms with Gasteiger partial charge < -0.3 is 9.84 Å². The molecule has 0 radical (unpaired) electrons. The molecule has 1 heterocycles. The Kier molecular flexibility index (Phi) is 3.38. The van der Waals surface area contributed by atoms with Gasteiger partial charge in [-0.15, -0.1) is 0 Å². The second kappa shape index (κ2) is 4.77. The summed E-state index contributed by atoms with van der Waals surface area (Å²) in [5.74, 6) is 0.462. The third kappa shape index (κ3) is 3.04. The van der Waals surface area contributed by atoms with Gasteiger partial charge in [0, 0.05) is 0 Å². The molecule has 0 atom stereocenters. The monoisotopic (exact) mass is 228 g/mol. The molecule has 1 aliphatic rings. The quantitative estimate of drug-likeness (QED) is 0.839. The summed E-state index contributed by atoms with van der Waals surface area (Å²) in [4.78, 5) is 7.90. The van der Waals surface area contributed by atoms with Gasteiger partial charge in [0.15, 0.2) is 5.15 Å². The van der Waals surface area contributed by atoms with Crippen molar-refractivity contribution in [2.24, 2.45) is 0 Å². The van der Waals surface area contributed by atoms with E-state index >= 15 is 0 Å². The fourth-order valence-electron chi connectivity index (χ4n) is 1.72. The SMILES string of the molecule is OC1CCC(Oc2cncc(Cl)n2)CC1. The van der Waals surface area contributed by atoms with Gasteiger partial charge in [0.25, 0.3) is 0 Å². The molecule has 15 heavy (non-hydrogen) atoms. The Balaban J connectivity index is 1.92. The van der Waals surface area contributed by atoms with Crippen molar-refractivity contribution in [1.82, 2.24) is 9.97 Å². The molecular weight excluding hydrogens is 216 g/mol. The van der Waals surface area contributed by atoms with Gasteiger partial charge in [0.05, 0.1) is 18.5 Å². The van der Waals surface area contributed by atoms with Crippen molar-refractivity contribution in [2.75, 3.05) is 0 Å². The van der Waals surface area contributed by atoms with Crippen LogP contribution in [0.1, 0.15) is 25.7 Å². The van der Waals surface area contributed by atoms with Gasteiger partial charge in [-0.1, -0.05) is 11.6 Å². The molecule has 0 aliphatic heterocycles. The van der Waals surface area contributed by atoms with E-state index in [4.69, 9.17) is 16.3 Å². The number of aromatic nitrogens is 2. The number of aliphatic hydroxyl groups excluding tert-OH is 1. The number of nitrogens with zero attached hydrogens (tertiary/aromatic N) is 2. The van der Waals surface area contributed by atoms with E-state index in [0.717, 1.165) is 25.7 Å². The van der Waals surface area contributed by atoms with Gasteiger partial charge in [-0.3, -0.25) is 4.98 Å². The topological polar surface area (TPSA) is 55.2 Å². The molecule has 0 spiro atoms. The van der Waals surface area contributed by atoms with Crippen LogP contribution in [0.25, 0.3) is 0 Å². The summed E-state index contributed by atoms with van der Waals surface area (Å²) in [5, 5.41) is 9.67. The fourth-order valence-corrected chi connectivity index (χ4v) is 1.86. The Morgan fingerprint density at radius 3 is 2.67 bits per heavy atom. The van der Waals surface area contributed by atoms with E-state index in [0.29, 0.717) is 11.0 Å². The van der Waals surface area contributed by atoms with E-state index in [1.54, 1.807) is 6.20 Å². The average Bonchev–Trinajstić information content (AvgIpc) is 2.22. The summed E-state index contributed by atoms with van der Waals surface area (Å²) in [6.07, 6.45) is 6.27. The van der Waals surface area contributed by atoms with Crippen LogP contribution in [0.2, 0.25) is 5.15 Å². The third-order valence-corrected chi connectivity index (χ3v) is 2.70. The number of halogens is 1. The minimum absolute atomic E-state index is 0.126. The zero-order valence-electron chi connectivity index (χ0n) is 8.27. The summed E-state index contributed by atoms with van der Waals surface area (Å²) in [6, 6.07) is 0. The summed E-state index contributed by atoms with van der Waals surface area (Å²) in [5.41, 5.74) is 0. The van der Waals surface area contributed by atoms with Gasteiger partial charge in [-0.05, 0) is 25.7 Å². The predicted octanol–water partition coefficient (Wildman–Crippen LogP) is 1.81. The fraction of sp³-hybridized carbons (Fsp3) is 0.600. The van der Waals surface area contributed by atoms with Crippen LogP contribution in [0.3, 0.4) is 0 Å². The van der Waals surface area contributed by atoms with Gasteiger partial charge in [-0.2, -0.15) is 4.98 Å². The summed E-state index contributed by atoms with van der Waals surface area (Å²) in [7, 11) is 0. The first-order chi connectivity index (χ1) is 7.24. The predicted molar refractivity (Wildman–Crippen MR) is 55.9 cm³/mol. The average molecular weight is 229 g/mol. The highest BCUT2D eigenvalue weighted by molar-refractivity contribution is 6.29. The van der Waals surface area contributed by atoms with E-state index in [1.165, 1.54) is 6.20 Å². The standard InChI is InChI=1S/C10H13ClN2O2/c11-9-5-12-6-10(13-9)15-8-3-1-7(14)2-4-8/h5-8,14H,1-4H2. The lowest BCUT2D eigenvalue weighted by atomic mass is 9.95. The largest absolute Gasteiger partial charge is 0.473 e. The number of hydrogen-bond donors (Lipinski definition) is 1. The van der Waals surface area contributed by atoms with Crippen molar-refractivity contribution in [3.8, 4) is 5.88 Å². The van der Waals surface area contributed by atoms with Crippen LogP contribution in [0.4, 0.5) is 0 Å². The second-order valence-electron chi connectivity index (χ2n) is 3.73. The van der Waals surface area contributed by atoms with Crippen LogP contribution in [0, 0.1) is 0 Å². The zero-order valence-corrected chi connectivity index (χ0v) is 9.02. The first-order valence-corrected chi connectivity index (χ1v) is 5.44. The Morgan fingerprint density at radius 2 is 2.00 bits per heavy atom. The molecule has 1 aromatic heterocycles. The van der Waals surface area contributed by atoms with Crippen molar-refractivity contribution in [2.45, 2.75) is 37.9 Å². The summed E-state index contributed by atoms with van der Waals surface area (Å²) < 4.78 is 5.62. The van der Waals surface area contributed by atoms with Crippen LogP contribution in [-0.4, -0.2) is 27.3 Å². The second-order valence-corrected chi connectivity index (χ2v) is 4.12. The smallest absolute Gasteiger partial charge is 0.234 e. The number of aliphatic hydroxyl groups is 1. The van der Waals surface area contributed by atoms with E-state index in [1.807, 2.05) is 0 Å². The summed E-state index contributed by atoms with van der Waals surface area (Å²) in [6.45, 7) is 0. The van der Waals surface area contributed by atoms with E-state index in [2.05, 4.69) is 9.97 Å². The lowest BCUT2D eigenvalue weighted by molar-refractivity contribution is 0.0641. The molecular formula is C10H13ClN2O2. The molecule has 0 bridgehead atoms. The molecule has 1 saturated carbocycles. The molecule has 1 aliphatic carbocycles. The number of ether oxygens (including phenoxy) is 1. The molecule has 2 rings (SSSR count). The van der Waals surface area contributed by atoms with Crippen LogP contribution in [0.5, 0.6) is 5.88 Å². The molecule has 82 valence electrons. The lowest BCUT2D eigenvalue weighted by Gasteiger charge is -2.25. The van der Waals surface area contributed by atoms with Gasteiger partial charge in [0.1, 0.15) is 6.10 Å². The maximum atomic E-state index is 9.33. The van der Waals surface area contributed by atoms with Crippen LogP contribution >= 0.6 is 11.6 Å². The lowest BCUT2D eigenvalue weighted by Crippen LogP contribution is -2.26. The minimum Gasteiger partial charge on any atom is -0.473 e. The van der Waals surface area contributed by atoms with Crippen LogP contribution < -0.4 is 4.74 Å². The third-order valence-electron chi connectivity index (χ3n) is 2.51. The minimum atomic E-state index is -0.171. The highest BCUT2D eigenvalue weighted by Gasteiger charge is 2.21. The highest BCUT2D eigenvalue weighted by atomic mass is 35.5. The molecule has 1 fully saturated rings. The zero-order chi connectivity index (χ0) is 10.7. The molecule has 1 aromatic rings. The van der Waals surface area contributed by atoms with Crippen molar-refractivity contribution in [3.63, 3.8) is 0 Å². The van der Waals surface area contributed by atoms with Crippen molar-refractivity contribution >= 4 is 11.6 Å². The molecule has 0 saturated heterocycles. The van der Waals surface area contributed by atoms with Crippen molar-refractivity contribution in [3.05, 3.63) is 17.5 Å². The van der Waals surface area contributed by atoms with Gasteiger partial charge >= 0.3 is 0 Å². The Hall–Kier alpha value is -0.870. The molecule has 0 unspecified atom stereocenters. The summed E-state index contributed by atoms with van der Waals surface area (Å²) >= 11 is 5.69. The van der Waals surface area contributed by atoms with Gasteiger partial charge in [0.2, 0.25) is 5.88 Å². The Morgan fingerprint density at radius 1 is 1.27 bits per heavy atom. The van der Waals surface area contributed by atoms with Gasteiger partial charge in [-0.25, -0.2) is 0 Å². The first-order valence-electron chi connectivity index (χ1n) is 5.06. The maximum Gasteiger partial charge on any atom is 0.234 e. The van der Waals surface area contributed by atoms with Crippen molar-refractivity contribution in [1.29, 1.82) is 0 Å². The number of hydrogen-bond acceptors (Lipinski definition) is 4. The normalized spacial score (nSPS) is 26.3. The maximum absolute atomic E-state index is 9.33. The number of rotatable bonds is 2. The Labute approximate surface area is 93.3 Å². The van der Waals surface area contributed by atoms with E-state index in [-0.39, 0.29) is 12.2 Å². The molecule has 0 amide bonds. The van der Waals surface area contributed by atoms with E-state index < -0.39 is 0 Å². The van der Waals surface area contributed by atoms with E-state index in [9.17, 15) is 5.11 Å². The van der Waals surface area contributed by atoms with Crippen LogP contribution in [-0.2, 0) is 0 Å². The Bertz CT molecular complexity index is 327. The first kappa shape index (κ1) is 10.6. The molecule has 1 N–H and O–H groups in total. The molecule has 5 heteroatoms. The molecule has 4 nitrogen and oxygen atoms in total. The highest BCUT2D eigenvalue weighted by Crippen LogP contribution is 2.22. The van der Waals surface area contributed by atoms with Crippen molar-refractivity contribution < 1.29 is 9.84 Å².